The van der Waals surface area contributed by atoms with Crippen molar-refractivity contribution >= 4 is 11.9 Å². The van der Waals surface area contributed by atoms with E-state index in [4.69, 9.17) is 4.52 Å². The first-order chi connectivity index (χ1) is 10.0. The number of aromatic nitrogens is 2. The molecule has 0 aromatic carbocycles. The van der Waals surface area contributed by atoms with Crippen molar-refractivity contribution in [3.05, 3.63) is 11.7 Å². The molecule has 2 heterocycles. The van der Waals surface area contributed by atoms with Crippen molar-refractivity contribution in [1.29, 1.82) is 0 Å². The summed E-state index contributed by atoms with van der Waals surface area (Å²) in [7, 11) is 0. The molecule has 1 aromatic heterocycles. The van der Waals surface area contributed by atoms with Crippen LogP contribution in [0.3, 0.4) is 0 Å². The quantitative estimate of drug-likeness (QED) is 0.712. The molecule has 1 aliphatic heterocycles. The van der Waals surface area contributed by atoms with Crippen LogP contribution in [-0.4, -0.2) is 39.2 Å². The van der Waals surface area contributed by atoms with E-state index in [0.717, 1.165) is 19.4 Å². The molecule has 2 rings (SSSR count). The number of hydrogen-bond donors (Lipinski definition) is 3. The van der Waals surface area contributed by atoms with Gasteiger partial charge in [0.1, 0.15) is 5.54 Å². The van der Waals surface area contributed by atoms with Gasteiger partial charge in [0.2, 0.25) is 5.89 Å². The number of hydrogen-bond acceptors (Lipinski definition) is 6. The molecule has 1 saturated heterocycles. The molecule has 1 amide bonds. The summed E-state index contributed by atoms with van der Waals surface area (Å²) in [5, 5.41) is 18.6. The molecule has 1 aromatic rings. The largest absolute Gasteiger partial charge is 0.480 e. The fraction of sp³-hybridized carbons (Fsp3) is 0.692. The van der Waals surface area contributed by atoms with Crippen molar-refractivity contribution < 1.29 is 19.2 Å². The average Bonchev–Trinajstić information content (AvgIpc) is 3.13. The summed E-state index contributed by atoms with van der Waals surface area (Å²) in [6, 6.07) is -0.0272. The Bertz CT molecular complexity index is 518. The first kappa shape index (κ1) is 15.4. The first-order valence-corrected chi connectivity index (χ1v) is 7.15. The van der Waals surface area contributed by atoms with E-state index in [9.17, 15) is 14.7 Å². The molecule has 1 aliphatic rings. The molecule has 8 nitrogen and oxygen atoms in total. The van der Waals surface area contributed by atoms with E-state index in [1.807, 2.05) is 0 Å². The molecular formula is C13H20N4O4. The van der Waals surface area contributed by atoms with E-state index in [1.54, 1.807) is 13.8 Å². The van der Waals surface area contributed by atoms with Crippen LogP contribution in [0.4, 0.5) is 0 Å². The minimum Gasteiger partial charge on any atom is -0.480 e. The molecule has 1 fully saturated rings. The van der Waals surface area contributed by atoms with Crippen LogP contribution in [-0.2, 0) is 4.79 Å². The number of amides is 1. The predicted octanol–water partition coefficient (Wildman–Crippen LogP) is 0.867. The Balaban J connectivity index is 2.11. The van der Waals surface area contributed by atoms with Gasteiger partial charge >= 0.3 is 5.97 Å². The molecule has 0 radical (unpaired) electrons. The lowest BCUT2D eigenvalue weighted by atomic mass is 9.93. The van der Waals surface area contributed by atoms with E-state index >= 15 is 0 Å². The molecule has 21 heavy (non-hydrogen) atoms. The standard InChI is InChI=1S/C13H20N4O4/c1-3-13(4-2,12(19)20)16-10(18)9-15-11(21-17-9)8-6-5-7-14-8/h8,14H,3-7H2,1-2H3,(H,16,18)(H,19,20). The van der Waals surface area contributed by atoms with Crippen LogP contribution in [0.25, 0.3) is 0 Å². The van der Waals surface area contributed by atoms with Gasteiger partial charge in [-0.2, -0.15) is 4.98 Å². The maximum atomic E-state index is 12.1. The van der Waals surface area contributed by atoms with Gasteiger partial charge in [-0.05, 0) is 32.2 Å². The zero-order valence-corrected chi connectivity index (χ0v) is 12.2. The molecule has 1 unspecified atom stereocenters. The van der Waals surface area contributed by atoms with Gasteiger partial charge in [-0.3, -0.25) is 4.79 Å². The fourth-order valence-corrected chi connectivity index (χ4v) is 2.42. The zero-order valence-electron chi connectivity index (χ0n) is 12.2. The average molecular weight is 296 g/mol. The highest BCUT2D eigenvalue weighted by atomic mass is 16.5. The normalized spacial score (nSPS) is 18.7. The Labute approximate surface area is 122 Å². The van der Waals surface area contributed by atoms with Crippen LogP contribution >= 0.6 is 0 Å². The van der Waals surface area contributed by atoms with Crippen molar-refractivity contribution in [2.75, 3.05) is 6.54 Å². The monoisotopic (exact) mass is 296 g/mol. The zero-order chi connectivity index (χ0) is 15.5. The smallest absolute Gasteiger partial charge is 0.329 e. The highest BCUT2D eigenvalue weighted by Crippen LogP contribution is 2.21. The number of nitrogens with zero attached hydrogens (tertiary/aromatic N) is 2. The second-order valence-electron chi connectivity index (χ2n) is 5.15. The van der Waals surface area contributed by atoms with Gasteiger partial charge in [0.05, 0.1) is 6.04 Å². The Morgan fingerprint density at radius 2 is 2.19 bits per heavy atom. The van der Waals surface area contributed by atoms with Crippen molar-refractivity contribution in [1.82, 2.24) is 20.8 Å². The van der Waals surface area contributed by atoms with Crippen LogP contribution in [0.1, 0.15) is 62.1 Å². The number of carbonyl (C=O) groups excluding carboxylic acids is 1. The number of carboxylic acid groups (broad SMARTS) is 1. The Kier molecular flexibility index (Phi) is 4.56. The number of carboxylic acids is 1. The van der Waals surface area contributed by atoms with Gasteiger partial charge in [0, 0.05) is 0 Å². The van der Waals surface area contributed by atoms with E-state index in [1.165, 1.54) is 0 Å². The summed E-state index contributed by atoms with van der Waals surface area (Å²) in [6.07, 6.45) is 2.45. The molecule has 1 atom stereocenters. The highest BCUT2D eigenvalue weighted by Gasteiger charge is 2.38. The van der Waals surface area contributed by atoms with E-state index < -0.39 is 17.4 Å². The van der Waals surface area contributed by atoms with E-state index in [2.05, 4.69) is 20.8 Å². The third kappa shape index (κ3) is 3.05. The molecule has 116 valence electrons. The maximum Gasteiger partial charge on any atom is 0.329 e. The van der Waals surface area contributed by atoms with Gasteiger partial charge in [-0.15, -0.1) is 0 Å². The van der Waals surface area contributed by atoms with Crippen molar-refractivity contribution in [2.24, 2.45) is 0 Å². The van der Waals surface area contributed by atoms with E-state index in [0.29, 0.717) is 5.89 Å². The summed E-state index contributed by atoms with van der Waals surface area (Å²) in [4.78, 5) is 27.6. The van der Waals surface area contributed by atoms with Crippen LogP contribution in [0, 0.1) is 0 Å². The number of aliphatic carboxylic acids is 1. The molecule has 0 spiro atoms. The summed E-state index contributed by atoms with van der Waals surface area (Å²) >= 11 is 0. The summed E-state index contributed by atoms with van der Waals surface area (Å²) in [5.41, 5.74) is -1.30. The number of nitrogens with one attached hydrogen (secondary N) is 2. The summed E-state index contributed by atoms with van der Waals surface area (Å²) < 4.78 is 5.08. The second-order valence-corrected chi connectivity index (χ2v) is 5.15. The van der Waals surface area contributed by atoms with Crippen molar-refractivity contribution in [3.8, 4) is 0 Å². The number of rotatable bonds is 6. The molecule has 0 bridgehead atoms. The fourth-order valence-electron chi connectivity index (χ4n) is 2.42. The van der Waals surface area contributed by atoms with Gasteiger partial charge in [0.15, 0.2) is 0 Å². The minimum absolute atomic E-state index is 0.0272. The number of carbonyl (C=O) groups is 2. The molecule has 3 N–H and O–H groups in total. The lowest BCUT2D eigenvalue weighted by Crippen LogP contribution is -2.53. The molecule has 8 heteroatoms. The molecular weight excluding hydrogens is 276 g/mol. The minimum atomic E-state index is -1.30. The van der Waals surface area contributed by atoms with Crippen LogP contribution < -0.4 is 10.6 Å². The van der Waals surface area contributed by atoms with Crippen LogP contribution in [0.5, 0.6) is 0 Å². The van der Waals surface area contributed by atoms with Crippen LogP contribution in [0.15, 0.2) is 4.52 Å². The lowest BCUT2D eigenvalue weighted by Gasteiger charge is -2.27. The van der Waals surface area contributed by atoms with Gasteiger partial charge in [-0.1, -0.05) is 19.0 Å². The van der Waals surface area contributed by atoms with Gasteiger partial charge < -0.3 is 20.3 Å². The Hall–Kier alpha value is -1.96. The third-order valence-corrected chi connectivity index (χ3v) is 3.97. The highest BCUT2D eigenvalue weighted by molar-refractivity contribution is 5.94. The SMILES string of the molecule is CCC(CC)(NC(=O)c1noc(C2CCCN2)n1)C(=O)O. The van der Waals surface area contributed by atoms with Crippen LogP contribution in [0.2, 0.25) is 0 Å². The van der Waals surface area contributed by atoms with Crippen molar-refractivity contribution in [2.45, 2.75) is 51.1 Å². The molecule has 0 saturated carbocycles. The maximum absolute atomic E-state index is 12.1. The lowest BCUT2D eigenvalue weighted by molar-refractivity contribution is -0.144. The van der Waals surface area contributed by atoms with Gasteiger partial charge in [-0.25, -0.2) is 4.79 Å². The van der Waals surface area contributed by atoms with E-state index in [-0.39, 0.29) is 24.7 Å². The summed E-state index contributed by atoms with van der Waals surface area (Å²) in [5.74, 6) is -1.46. The van der Waals surface area contributed by atoms with Crippen molar-refractivity contribution in [3.63, 3.8) is 0 Å². The molecule has 0 aliphatic carbocycles. The van der Waals surface area contributed by atoms with Gasteiger partial charge in [0.25, 0.3) is 11.7 Å². The second kappa shape index (κ2) is 6.21. The topological polar surface area (TPSA) is 117 Å². The third-order valence-electron chi connectivity index (χ3n) is 3.97. The Morgan fingerprint density at radius 1 is 1.48 bits per heavy atom. The first-order valence-electron chi connectivity index (χ1n) is 7.15. The Morgan fingerprint density at radius 3 is 2.71 bits per heavy atom. The predicted molar refractivity (Wildman–Crippen MR) is 72.7 cm³/mol. The summed E-state index contributed by atoms with van der Waals surface area (Å²) in [6.45, 7) is 4.30.